The van der Waals surface area contributed by atoms with Gasteiger partial charge in [-0.3, -0.25) is 72.5 Å². The number of carbonyl (C=O) groups excluding carboxylic acids is 15. The number of aliphatic hydroxyl groups excluding tert-OH is 1. The van der Waals surface area contributed by atoms with E-state index in [2.05, 4.69) is 99.4 Å². The Kier molecular flexibility index (Phi) is 47.6. The summed E-state index contributed by atoms with van der Waals surface area (Å²) in [6.07, 6.45) is 0.713. The summed E-state index contributed by atoms with van der Waals surface area (Å²) in [6.45, 7) is 2.97. The summed E-state index contributed by atoms with van der Waals surface area (Å²) in [5.74, 6) is -15.1. The van der Waals surface area contributed by atoms with Crippen molar-refractivity contribution in [2.45, 2.75) is 209 Å². The summed E-state index contributed by atoms with van der Waals surface area (Å²) in [5.41, 5.74) is 66.1. The molecule has 0 aliphatic carbocycles. The molecule has 0 unspecified atom stereocenters. The number of aliphatic carboxylic acids is 1. The Labute approximate surface area is 651 Å². The van der Waals surface area contributed by atoms with Gasteiger partial charge in [-0.05, 0) is 116 Å². The number of carbonyl (C=O) groups is 16. The van der Waals surface area contributed by atoms with Crippen LogP contribution in [0.5, 0.6) is 0 Å². The fraction of sp³-hybridized carbons (Fsp3) is 0.656. The van der Waals surface area contributed by atoms with Gasteiger partial charge < -0.3 is 158 Å². The van der Waals surface area contributed by atoms with Crippen LogP contribution in [0.25, 0.3) is 0 Å². The number of unbranched alkanes of at least 4 members (excludes halogenated alkanes) is 1. The molecule has 1 rings (SSSR count). The van der Waals surface area contributed by atoms with E-state index in [1.807, 2.05) is 0 Å². The maximum Gasteiger partial charge on any atom is 0.326 e. The lowest BCUT2D eigenvalue weighted by Gasteiger charge is -2.28. The number of urea groups is 3. The number of nitrogens with one attached hydrogen (secondary N) is 15. The lowest BCUT2D eigenvalue weighted by Crippen LogP contribution is -2.61. The van der Waals surface area contributed by atoms with Crippen LogP contribution in [-0.4, -0.2) is 258 Å². The summed E-state index contributed by atoms with van der Waals surface area (Å²) < 4.78 is 0. The van der Waals surface area contributed by atoms with Crippen molar-refractivity contribution < 1.29 is 86.9 Å². The van der Waals surface area contributed by atoms with Gasteiger partial charge in [0.05, 0.1) is 25.4 Å². The van der Waals surface area contributed by atoms with E-state index in [-0.39, 0.29) is 178 Å². The molecule has 18 amide bonds. The maximum absolute atomic E-state index is 14.7. The van der Waals surface area contributed by atoms with E-state index in [0.29, 0.717) is 6.42 Å². The monoisotopic (exact) mass is 1610 g/mol. The quantitative estimate of drug-likeness (QED) is 0.0164. The van der Waals surface area contributed by atoms with Gasteiger partial charge in [0.1, 0.15) is 66.5 Å². The number of aliphatic hydroxyl groups is 1. The molecule has 0 spiro atoms. The Morgan fingerprint density at radius 3 is 1.07 bits per heavy atom. The highest BCUT2D eigenvalue weighted by atomic mass is 16.4. The molecule has 113 heavy (non-hydrogen) atoms. The van der Waals surface area contributed by atoms with Crippen LogP contribution in [0.2, 0.25) is 0 Å². The number of nitrogens with zero attached hydrogens (tertiary/aromatic N) is 4. The Morgan fingerprint density at radius 2 is 0.735 bits per heavy atom. The summed E-state index contributed by atoms with van der Waals surface area (Å²) in [7, 11) is 0. The molecule has 49 heteroatoms. The molecule has 41 N–H and O–H groups in total. The third-order valence-electron chi connectivity index (χ3n) is 16.9. The number of carboxylic acid groups (broad SMARTS) is 1. The Hall–Kier alpha value is -12.2. The molecule has 0 aliphatic rings. The molecule has 0 saturated carbocycles. The SMILES string of the molecule is CC[C@H](C)[C@H](N)C(=O)N[C@@H](CC(N)=O)C(=O)N[C@@H](CCCNC(N)=O)C(=O)N[C@@H](CCCN=C(N)N)C(=O)N[C@@H](C)C(=O)N[C@@H](CO)C(=O)N[C@@H](CCCNC(N)=O)C(=O)N[C@@H](CCCCN)C(=O)N[C@@H](CCCNC(N)=O)C(=O)N[C@@H](Cc1cnc[nH]1)C(=O)N[C@@H](CCCN=C(N)N)C(=O)N[C@@H](CCCN=C(N)N)C(=O)O. The lowest BCUT2D eigenvalue weighted by atomic mass is 9.99. The minimum atomic E-state index is -1.91. The number of H-pyrrole nitrogens is 1. The molecule has 1 aromatic heterocycles. The van der Waals surface area contributed by atoms with Crippen LogP contribution in [0.4, 0.5) is 14.4 Å². The molecular formula is C64H117N31O18. The fourth-order valence-electron chi connectivity index (χ4n) is 10.5. The van der Waals surface area contributed by atoms with Crippen molar-refractivity contribution in [3.8, 4) is 0 Å². The van der Waals surface area contributed by atoms with Gasteiger partial charge in [0, 0.05) is 57.6 Å². The second kappa shape index (κ2) is 54.4. The third kappa shape index (κ3) is 42.6. The summed E-state index contributed by atoms with van der Waals surface area (Å²) >= 11 is 0. The first-order valence-electron chi connectivity index (χ1n) is 36.5. The number of hydrogen-bond donors (Lipinski definition) is 29. The van der Waals surface area contributed by atoms with Crippen LogP contribution >= 0.6 is 0 Å². The van der Waals surface area contributed by atoms with Gasteiger partial charge in [-0.15, -0.1) is 0 Å². The number of guanidine groups is 3. The van der Waals surface area contributed by atoms with Gasteiger partial charge in [-0.2, -0.15) is 0 Å². The molecule has 636 valence electrons. The van der Waals surface area contributed by atoms with E-state index in [9.17, 15) is 86.9 Å². The summed E-state index contributed by atoms with van der Waals surface area (Å²) in [6, 6.07) is -21.7. The summed E-state index contributed by atoms with van der Waals surface area (Å²) in [5, 5.41) is 54.7. The molecule has 0 aliphatic heterocycles. The highest BCUT2D eigenvalue weighted by molar-refractivity contribution is 6.00. The predicted octanol–water partition coefficient (Wildman–Crippen LogP) is -11.7. The second-order valence-electron chi connectivity index (χ2n) is 26.2. The predicted molar refractivity (Wildman–Crippen MR) is 408 cm³/mol. The van der Waals surface area contributed by atoms with Crippen molar-refractivity contribution in [1.29, 1.82) is 0 Å². The standard InChI is InChI=1S/C64H117N31O18/c1-4-32(2)46(67)57(108)94-43(28-45(66)97)55(106)90-37(16-9-24-81-62(74)111)50(101)87-36(14-7-21-78-59(68)69)48(99)85-33(3)47(98)95-44(30-96)56(107)91-38(17-10-25-82-63(75)112)51(102)86-35(13-5-6-20-65)49(100)88-40(18-11-26-83-64(76)113)53(104)93-42(27-34-29-77-31-84-34)54(105)89-39(15-8-22-79-60(70)71)52(103)92-41(58(109)110)19-12-23-80-61(72)73/h29,31-33,35-44,46,96H,4-28,30,65,67H2,1-3H3,(H2,66,97)(H,77,84)(H,85,99)(H,86,102)(H,87,101)(H,88,100)(H,89,105)(H,90,106)(H,91,107)(H,92,103)(H,93,104)(H,94,108)(H,95,98)(H,109,110)(H4,68,69,78)(H4,70,71,79)(H4,72,73,80)(H3,74,81,111)(H3,75,82,112)(H3,76,83,113)/t32-,33-,35-,36-,37-,38-,39-,40-,41-,42-,43-,44-,46-/m0/s1. The van der Waals surface area contributed by atoms with Crippen molar-refractivity contribution in [1.82, 2.24) is 84.4 Å². The smallest absolute Gasteiger partial charge is 0.326 e. The number of rotatable bonds is 58. The topological polar surface area (TPSA) is 860 Å². The first-order valence-corrected chi connectivity index (χ1v) is 36.5. The van der Waals surface area contributed by atoms with Crippen LogP contribution in [-0.2, 0) is 68.7 Å². The third-order valence-corrected chi connectivity index (χ3v) is 16.9. The van der Waals surface area contributed by atoms with Crippen LogP contribution in [0.15, 0.2) is 27.5 Å². The molecule has 1 aromatic rings. The van der Waals surface area contributed by atoms with Crippen molar-refractivity contribution in [2.24, 2.45) is 89.7 Å². The van der Waals surface area contributed by atoms with E-state index in [1.54, 1.807) is 13.8 Å². The molecule has 0 saturated heterocycles. The number of imidazole rings is 1. The van der Waals surface area contributed by atoms with Gasteiger partial charge in [0.25, 0.3) is 0 Å². The van der Waals surface area contributed by atoms with Crippen molar-refractivity contribution >= 4 is 113 Å². The van der Waals surface area contributed by atoms with Gasteiger partial charge in [0.15, 0.2) is 17.9 Å². The van der Waals surface area contributed by atoms with Crippen molar-refractivity contribution in [3.05, 3.63) is 18.2 Å². The molecule has 49 nitrogen and oxygen atoms in total. The van der Waals surface area contributed by atoms with E-state index < -0.39 is 180 Å². The number of aliphatic imine (C=N–C) groups is 3. The minimum absolute atomic E-state index is 0.00418. The summed E-state index contributed by atoms with van der Waals surface area (Å²) in [4.78, 5) is 234. The number of hydrogen-bond acceptors (Lipinski definition) is 23. The average Bonchev–Trinajstić information content (AvgIpc) is 1.81. The highest BCUT2D eigenvalue weighted by Gasteiger charge is 2.37. The molecule has 0 radical (unpaired) electrons. The molecule has 0 aromatic carbocycles. The van der Waals surface area contributed by atoms with Gasteiger partial charge >= 0.3 is 24.1 Å². The second-order valence-corrected chi connectivity index (χ2v) is 26.2. The Balaban J connectivity index is 3.78. The van der Waals surface area contributed by atoms with Crippen LogP contribution < -0.4 is 143 Å². The average molecular weight is 1610 g/mol. The molecule has 13 atom stereocenters. The first-order chi connectivity index (χ1) is 53.3. The molecular weight excluding hydrogens is 1490 g/mol. The fourth-order valence-corrected chi connectivity index (χ4v) is 10.5. The van der Waals surface area contributed by atoms with Crippen LogP contribution in [0.1, 0.15) is 136 Å². The van der Waals surface area contributed by atoms with E-state index in [1.165, 1.54) is 12.5 Å². The van der Waals surface area contributed by atoms with Crippen LogP contribution in [0, 0.1) is 5.92 Å². The first kappa shape index (κ1) is 98.8. The Morgan fingerprint density at radius 1 is 0.416 bits per heavy atom. The molecule has 0 bridgehead atoms. The lowest BCUT2D eigenvalue weighted by molar-refractivity contribution is -0.142. The van der Waals surface area contributed by atoms with Gasteiger partial charge in [-0.1, -0.05) is 20.3 Å². The van der Waals surface area contributed by atoms with E-state index in [4.69, 9.17) is 68.8 Å². The number of carboxylic acids is 1. The largest absolute Gasteiger partial charge is 0.480 e. The van der Waals surface area contributed by atoms with Crippen molar-refractivity contribution in [3.63, 3.8) is 0 Å². The highest BCUT2D eigenvalue weighted by Crippen LogP contribution is 2.13. The zero-order valence-corrected chi connectivity index (χ0v) is 63.7. The van der Waals surface area contributed by atoms with E-state index >= 15 is 0 Å². The number of aromatic nitrogens is 2. The minimum Gasteiger partial charge on any atom is -0.480 e. The van der Waals surface area contributed by atoms with Gasteiger partial charge in [0.2, 0.25) is 70.9 Å². The van der Waals surface area contributed by atoms with E-state index in [0.717, 1.165) is 6.92 Å². The number of primary amides is 4. The Bertz CT molecular complexity index is 3370. The number of nitrogens with two attached hydrogens (primary N) is 12. The normalized spacial score (nSPS) is 14.3. The maximum atomic E-state index is 14.7. The van der Waals surface area contributed by atoms with Crippen molar-refractivity contribution in [2.75, 3.05) is 52.4 Å². The molecule has 0 fully saturated rings. The zero-order valence-electron chi connectivity index (χ0n) is 63.7. The zero-order chi connectivity index (χ0) is 85.3. The van der Waals surface area contributed by atoms with Crippen LogP contribution in [0.3, 0.4) is 0 Å². The number of aromatic amines is 1. The van der Waals surface area contributed by atoms with Gasteiger partial charge in [-0.25, -0.2) is 24.2 Å². The molecule has 1 heterocycles. The number of amides is 18.